The molecule has 0 radical (unpaired) electrons. The predicted molar refractivity (Wildman–Crippen MR) is 80.6 cm³/mol. The lowest BCUT2D eigenvalue weighted by atomic mass is 10.2. The van der Waals surface area contributed by atoms with Gasteiger partial charge in [0.2, 0.25) is 0 Å². The minimum atomic E-state index is -1.03. The van der Waals surface area contributed by atoms with Crippen LogP contribution in [0.5, 0.6) is 0 Å². The Kier molecular flexibility index (Phi) is 5.49. The average Bonchev–Trinajstić information content (AvgIpc) is 2.28. The summed E-state index contributed by atoms with van der Waals surface area (Å²) in [5.41, 5.74) is 0.934. The van der Waals surface area contributed by atoms with Gasteiger partial charge in [0, 0.05) is 6.54 Å². The Balaban J connectivity index is 2.99. The number of hydrogen-bond donors (Lipinski definition) is 0. The summed E-state index contributed by atoms with van der Waals surface area (Å²) in [4.78, 5) is 4.45. The van der Waals surface area contributed by atoms with Crippen molar-refractivity contribution in [3.05, 3.63) is 28.5 Å². The van der Waals surface area contributed by atoms with Gasteiger partial charge in [-0.1, -0.05) is 13.0 Å². The average molecular weight is 333 g/mol. The summed E-state index contributed by atoms with van der Waals surface area (Å²) < 4.78 is 15.0. The van der Waals surface area contributed by atoms with Crippen molar-refractivity contribution in [2.24, 2.45) is 0 Å². The molecule has 18 heavy (non-hydrogen) atoms. The van der Waals surface area contributed by atoms with Crippen molar-refractivity contribution < 1.29 is 4.21 Å². The minimum Gasteiger partial charge on any atom is -0.244 e. The van der Waals surface area contributed by atoms with Crippen LogP contribution in [0.15, 0.2) is 22.8 Å². The number of aromatic nitrogens is 1. The molecule has 0 aliphatic heterocycles. The highest BCUT2D eigenvalue weighted by atomic mass is 79.9. The van der Waals surface area contributed by atoms with E-state index in [4.69, 9.17) is 0 Å². The van der Waals surface area contributed by atoms with E-state index in [1.54, 1.807) is 0 Å². The van der Waals surface area contributed by atoms with E-state index in [0.717, 1.165) is 16.8 Å². The lowest BCUT2D eigenvalue weighted by molar-refractivity contribution is 0.366. The van der Waals surface area contributed by atoms with Gasteiger partial charge in [0.1, 0.15) is 15.6 Å². The molecule has 0 bridgehead atoms. The lowest BCUT2D eigenvalue weighted by Gasteiger charge is -2.32. The zero-order valence-corrected chi connectivity index (χ0v) is 14.0. The van der Waals surface area contributed by atoms with Gasteiger partial charge in [0.25, 0.3) is 0 Å². The topological polar surface area (TPSA) is 33.2 Å². The minimum absolute atomic E-state index is 0.0348. The van der Waals surface area contributed by atoms with Gasteiger partial charge < -0.3 is 0 Å². The normalized spacial score (nSPS) is 15.7. The highest BCUT2D eigenvalue weighted by Crippen LogP contribution is 2.26. The van der Waals surface area contributed by atoms with Crippen LogP contribution in [-0.2, 0) is 11.0 Å². The van der Waals surface area contributed by atoms with Crippen LogP contribution >= 0.6 is 15.9 Å². The Bertz CT molecular complexity index is 431. The number of nitrogens with zero attached hydrogens (tertiary/aromatic N) is 2. The Morgan fingerprint density at radius 1 is 1.44 bits per heavy atom. The van der Waals surface area contributed by atoms with Crippen LogP contribution in [0.4, 0.5) is 0 Å². The Morgan fingerprint density at radius 3 is 2.50 bits per heavy atom. The van der Waals surface area contributed by atoms with Crippen molar-refractivity contribution in [2.75, 3.05) is 6.54 Å². The van der Waals surface area contributed by atoms with E-state index in [1.165, 1.54) is 0 Å². The largest absolute Gasteiger partial charge is 0.244 e. The Morgan fingerprint density at radius 2 is 2.06 bits per heavy atom. The maximum atomic E-state index is 12.5. The molecule has 0 aromatic carbocycles. The van der Waals surface area contributed by atoms with Gasteiger partial charge in [-0.3, -0.25) is 0 Å². The molecule has 1 rings (SSSR count). The standard InChI is InChI=1S/C13H21BrN2OS/c1-6-16(18(17)13(3,4)5)10(2)11-8-7-9-12(14)15-11/h7-10H,6H2,1-5H3/t10-,18-/m1/s1. The Hall–Kier alpha value is -0.260. The van der Waals surface area contributed by atoms with E-state index in [-0.39, 0.29) is 10.8 Å². The van der Waals surface area contributed by atoms with Gasteiger partial charge in [0.05, 0.1) is 16.5 Å². The molecule has 0 amide bonds. The third kappa shape index (κ3) is 3.87. The first-order valence-corrected chi connectivity index (χ1v) is 7.98. The van der Waals surface area contributed by atoms with E-state index in [0.29, 0.717) is 0 Å². The molecule has 102 valence electrons. The van der Waals surface area contributed by atoms with Crippen molar-refractivity contribution in [3.63, 3.8) is 0 Å². The SMILES string of the molecule is CCN([C@H](C)c1cccc(Br)n1)[S@](=O)C(C)(C)C. The number of rotatable bonds is 4. The lowest BCUT2D eigenvalue weighted by Crippen LogP contribution is -2.39. The van der Waals surface area contributed by atoms with Crippen LogP contribution in [0, 0.1) is 0 Å². The summed E-state index contributed by atoms with van der Waals surface area (Å²) in [6.45, 7) is 10.8. The van der Waals surface area contributed by atoms with E-state index in [9.17, 15) is 4.21 Å². The molecular formula is C13H21BrN2OS. The molecule has 0 spiro atoms. The van der Waals surface area contributed by atoms with Crippen LogP contribution in [-0.4, -0.2) is 24.8 Å². The second-order valence-electron chi connectivity index (χ2n) is 5.16. The first-order chi connectivity index (χ1) is 8.27. The summed E-state index contributed by atoms with van der Waals surface area (Å²) >= 11 is 3.37. The maximum Gasteiger partial charge on any atom is 0.106 e. The molecule has 0 aliphatic rings. The van der Waals surface area contributed by atoms with Crippen LogP contribution in [0.3, 0.4) is 0 Å². The van der Waals surface area contributed by atoms with Crippen LogP contribution in [0.25, 0.3) is 0 Å². The van der Waals surface area contributed by atoms with Crippen molar-refractivity contribution in [1.82, 2.24) is 9.29 Å². The summed E-state index contributed by atoms with van der Waals surface area (Å²) in [5.74, 6) is 0. The highest BCUT2D eigenvalue weighted by molar-refractivity contribution is 9.10. The van der Waals surface area contributed by atoms with E-state index < -0.39 is 11.0 Å². The molecule has 5 heteroatoms. The van der Waals surface area contributed by atoms with Gasteiger partial charge in [-0.25, -0.2) is 13.5 Å². The summed E-state index contributed by atoms with van der Waals surface area (Å²) in [6.07, 6.45) is 0. The van der Waals surface area contributed by atoms with Crippen molar-refractivity contribution in [2.45, 2.75) is 45.4 Å². The molecule has 0 saturated carbocycles. The monoisotopic (exact) mass is 332 g/mol. The first-order valence-electron chi connectivity index (χ1n) is 6.08. The fourth-order valence-corrected chi connectivity index (χ4v) is 3.38. The zero-order valence-electron chi connectivity index (χ0n) is 11.6. The molecule has 0 N–H and O–H groups in total. The third-order valence-corrected chi connectivity index (χ3v) is 5.13. The number of halogens is 1. The summed E-state index contributed by atoms with van der Waals surface area (Å²) in [5, 5.41) is 0. The smallest absolute Gasteiger partial charge is 0.106 e. The second kappa shape index (κ2) is 6.26. The number of pyridine rings is 1. The first kappa shape index (κ1) is 15.8. The van der Waals surface area contributed by atoms with Crippen molar-refractivity contribution in [1.29, 1.82) is 0 Å². The third-order valence-electron chi connectivity index (χ3n) is 2.65. The molecule has 1 aromatic heterocycles. The molecule has 0 saturated heterocycles. The molecule has 1 heterocycles. The zero-order chi connectivity index (χ0) is 13.9. The fourth-order valence-electron chi connectivity index (χ4n) is 1.69. The van der Waals surface area contributed by atoms with Gasteiger partial charge in [-0.2, -0.15) is 0 Å². The molecule has 2 atom stereocenters. The van der Waals surface area contributed by atoms with Crippen LogP contribution in [0.1, 0.15) is 46.4 Å². The van der Waals surface area contributed by atoms with Gasteiger partial charge >= 0.3 is 0 Å². The predicted octanol–water partition coefficient (Wildman–Crippen LogP) is 3.69. The van der Waals surface area contributed by atoms with Gasteiger partial charge in [-0.05, 0) is 55.8 Å². The summed E-state index contributed by atoms with van der Waals surface area (Å²) in [7, 11) is -1.03. The molecular weight excluding hydrogens is 312 g/mol. The second-order valence-corrected chi connectivity index (χ2v) is 8.16. The highest BCUT2D eigenvalue weighted by Gasteiger charge is 2.29. The number of hydrogen-bond acceptors (Lipinski definition) is 2. The molecule has 0 unspecified atom stereocenters. The fraction of sp³-hybridized carbons (Fsp3) is 0.615. The van der Waals surface area contributed by atoms with Crippen LogP contribution < -0.4 is 0 Å². The molecule has 1 aromatic rings. The van der Waals surface area contributed by atoms with Gasteiger partial charge in [0.15, 0.2) is 0 Å². The molecule has 0 aliphatic carbocycles. The van der Waals surface area contributed by atoms with E-state index in [2.05, 4.69) is 20.9 Å². The van der Waals surface area contributed by atoms with Crippen molar-refractivity contribution >= 4 is 26.9 Å². The molecule has 0 fully saturated rings. The van der Waals surface area contributed by atoms with Crippen LogP contribution in [0.2, 0.25) is 0 Å². The van der Waals surface area contributed by atoms with E-state index >= 15 is 0 Å². The van der Waals surface area contributed by atoms with Gasteiger partial charge in [-0.15, -0.1) is 0 Å². The van der Waals surface area contributed by atoms with E-state index in [1.807, 2.05) is 57.1 Å². The maximum absolute atomic E-state index is 12.5. The summed E-state index contributed by atoms with van der Waals surface area (Å²) in [6, 6.07) is 5.86. The Labute approximate surface area is 121 Å². The quantitative estimate of drug-likeness (QED) is 0.788. The van der Waals surface area contributed by atoms with Crippen molar-refractivity contribution in [3.8, 4) is 0 Å². The molecule has 3 nitrogen and oxygen atoms in total.